The summed E-state index contributed by atoms with van der Waals surface area (Å²) in [5, 5.41) is 21.4. The van der Waals surface area contributed by atoms with E-state index in [0.29, 0.717) is 23.1 Å². The third-order valence-electron chi connectivity index (χ3n) is 4.81. The number of guanidine groups is 1. The second-order valence-corrected chi connectivity index (χ2v) is 8.36. The fraction of sp³-hybridized carbons (Fsp3) is 0.476. The average molecular weight is 412 g/mol. The van der Waals surface area contributed by atoms with E-state index in [1.165, 1.54) is 18.6 Å². The van der Waals surface area contributed by atoms with E-state index in [1.807, 2.05) is 42.1 Å². The lowest BCUT2D eigenvalue weighted by Gasteiger charge is -2.12. The number of aliphatic imine (C=N–C) groups is 1. The van der Waals surface area contributed by atoms with Crippen molar-refractivity contribution >= 4 is 23.5 Å². The molecule has 2 aromatic rings. The van der Waals surface area contributed by atoms with E-state index in [4.69, 9.17) is 10.7 Å². The summed E-state index contributed by atoms with van der Waals surface area (Å²) in [5.41, 5.74) is 8.23. The lowest BCUT2D eigenvalue weighted by Crippen LogP contribution is -2.38. The molecule has 29 heavy (non-hydrogen) atoms. The van der Waals surface area contributed by atoms with Gasteiger partial charge in [-0.1, -0.05) is 18.2 Å². The van der Waals surface area contributed by atoms with Gasteiger partial charge in [0, 0.05) is 18.3 Å². The largest absolute Gasteiger partial charge is 0.382 e. The first-order valence-corrected chi connectivity index (χ1v) is 11.2. The minimum Gasteiger partial charge on any atom is -0.382 e. The molecule has 1 aliphatic rings. The summed E-state index contributed by atoms with van der Waals surface area (Å²) in [6.07, 6.45) is 4.07. The molecule has 0 radical (unpaired) electrons. The zero-order chi connectivity index (χ0) is 20.5. The predicted octanol–water partition coefficient (Wildman–Crippen LogP) is 2.71. The smallest absolute Gasteiger partial charge is 0.191 e. The Morgan fingerprint density at radius 2 is 2.21 bits per heavy atom. The highest BCUT2D eigenvalue weighted by atomic mass is 32.2. The van der Waals surface area contributed by atoms with Crippen molar-refractivity contribution in [3.63, 3.8) is 0 Å². The van der Waals surface area contributed by atoms with Gasteiger partial charge in [-0.3, -0.25) is 4.99 Å². The molecule has 0 saturated carbocycles. The molecule has 1 saturated heterocycles. The summed E-state index contributed by atoms with van der Waals surface area (Å²) in [6, 6.07) is 11.9. The van der Waals surface area contributed by atoms with Crippen LogP contribution in [0.15, 0.2) is 35.3 Å². The van der Waals surface area contributed by atoms with E-state index in [0.717, 1.165) is 43.4 Å². The van der Waals surface area contributed by atoms with E-state index in [-0.39, 0.29) is 0 Å². The molecule has 1 unspecified atom stereocenters. The Hall–Kier alpha value is -2.66. The number of thioether (sulfide) groups is 1. The lowest BCUT2D eigenvalue weighted by molar-refractivity contribution is 0.717. The topological polar surface area (TPSA) is 104 Å². The molecule has 154 valence electrons. The second kappa shape index (κ2) is 10.8. The SMILES string of the molecule is CCNC(=NCC1CCCS1)NCCCc1nn(-c2ccccc2)c(N)c1C#N. The summed E-state index contributed by atoms with van der Waals surface area (Å²) >= 11 is 2.02. The number of nitrogens with two attached hydrogens (primary N) is 1. The van der Waals surface area contributed by atoms with Crippen molar-refractivity contribution < 1.29 is 0 Å². The number of nitrogens with one attached hydrogen (secondary N) is 2. The quantitative estimate of drug-likeness (QED) is 0.350. The molecule has 1 fully saturated rings. The van der Waals surface area contributed by atoms with Crippen LogP contribution in [-0.2, 0) is 6.42 Å². The second-order valence-electron chi connectivity index (χ2n) is 6.95. The maximum absolute atomic E-state index is 9.52. The number of rotatable bonds is 8. The van der Waals surface area contributed by atoms with Crippen molar-refractivity contribution in [3.8, 4) is 11.8 Å². The molecule has 1 atom stereocenters. The van der Waals surface area contributed by atoms with Gasteiger partial charge in [0.05, 0.1) is 17.9 Å². The summed E-state index contributed by atoms with van der Waals surface area (Å²) in [7, 11) is 0. The molecule has 7 nitrogen and oxygen atoms in total. The molecule has 0 aliphatic carbocycles. The van der Waals surface area contributed by atoms with E-state index in [9.17, 15) is 5.26 Å². The highest BCUT2D eigenvalue weighted by molar-refractivity contribution is 8.00. The minimum atomic E-state index is 0.394. The molecule has 0 amide bonds. The number of benzene rings is 1. The lowest BCUT2D eigenvalue weighted by atomic mass is 10.1. The van der Waals surface area contributed by atoms with Crippen LogP contribution in [-0.4, -0.2) is 46.4 Å². The van der Waals surface area contributed by atoms with Crippen molar-refractivity contribution in [3.05, 3.63) is 41.6 Å². The fourth-order valence-electron chi connectivity index (χ4n) is 3.33. The third kappa shape index (κ3) is 5.67. The van der Waals surface area contributed by atoms with Crippen molar-refractivity contribution in [2.45, 2.75) is 37.9 Å². The van der Waals surface area contributed by atoms with Gasteiger partial charge in [-0.2, -0.15) is 22.1 Å². The van der Waals surface area contributed by atoms with Crippen molar-refractivity contribution in [1.82, 2.24) is 20.4 Å². The van der Waals surface area contributed by atoms with Crippen LogP contribution in [0, 0.1) is 11.3 Å². The van der Waals surface area contributed by atoms with Gasteiger partial charge in [-0.25, -0.2) is 4.68 Å². The normalized spacial score (nSPS) is 16.6. The van der Waals surface area contributed by atoms with Crippen LogP contribution in [0.5, 0.6) is 0 Å². The number of aromatic nitrogens is 2. The molecule has 1 aromatic heterocycles. The number of aryl methyl sites for hydroxylation is 1. The molecular weight excluding hydrogens is 382 g/mol. The van der Waals surface area contributed by atoms with Gasteiger partial charge < -0.3 is 16.4 Å². The number of nitrogen functional groups attached to an aromatic ring is 1. The zero-order valence-electron chi connectivity index (χ0n) is 16.9. The average Bonchev–Trinajstić information content (AvgIpc) is 3.37. The van der Waals surface area contributed by atoms with E-state index in [2.05, 4.69) is 28.7 Å². The van der Waals surface area contributed by atoms with Gasteiger partial charge in [0.15, 0.2) is 5.96 Å². The monoisotopic (exact) mass is 411 g/mol. The first-order chi connectivity index (χ1) is 14.2. The molecular formula is C21H29N7S. The first kappa shape index (κ1) is 21.1. The van der Waals surface area contributed by atoms with E-state index in [1.54, 1.807) is 4.68 Å². The van der Waals surface area contributed by atoms with Crippen LogP contribution in [0.3, 0.4) is 0 Å². The molecule has 3 rings (SSSR count). The standard InChI is InChI=1S/C21H29N7S/c1-2-24-21(26-15-17-10-7-13-29-17)25-12-6-11-19-18(14-22)20(23)28(27-19)16-8-4-3-5-9-16/h3-5,8-9,17H,2,6-7,10-13,15,23H2,1H3,(H2,24,25,26). The summed E-state index contributed by atoms with van der Waals surface area (Å²) in [5.74, 6) is 2.50. The molecule has 4 N–H and O–H groups in total. The Kier molecular flexibility index (Phi) is 7.82. The number of hydrogen-bond donors (Lipinski definition) is 3. The van der Waals surface area contributed by atoms with Gasteiger partial charge in [-0.05, 0) is 50.5 Å². The Morgan fingerprint density at radius 3 is 2.90 bits per heavy atom. The Labute approximate surface area is 176 Å². The number of para-hydroxylation sites is 1. The van der Waals surface area contributed by atoms with Gasteiger partial charge >= 0.3 is 0 Å². The number of anilines is 1. The van der Waals surface area contributed by atoms with Gasteiger partial charge in [0.25, 0.3) is 0 Å². The van der Waals surface area contributed by atoms with Gasteiger partial charge in [0.1, 0.15) is 17.5 Å². The summed E-state index contributed by atoms with van der Waals surface area (Å²) < 4.78 is 1.64. The molecule has 0 spiro atoms. The van der Waals surface area contributed by atoms with Crippen LogP contribution in [0.1, 0.15) is 37.4 Å². The van der Waals surface area contributed by atoms with Crippen LogP contribution in [0.2, 0.25) is 0 Å². The van der Waals surface area contributed by atoms with Gasteiger partial charge in [-0.15, -0.1) is 0 Å². The van der Waals surface area contributed by atoms with Gasteiger partial charge in [0.2, 0.25) is 0 Å². The van der Waals surface area contributed by atoms with Crippen LogP contribution >= 0.6 is 11.8 Å². The Bertz CT molecular complexity index is 848. The maximum Gasteiger partial charge on any atom is 0.191 e. The fourth-order valence-corrected chi connectivity index (χ4v) is 4.51. The van der Waals surface area contributed by atoms with Crippen molar-refractivity contribution in [1.29, 1.82) is 5.26 Å². The van der Waals surface area contributed by atoms with E-state index < -0.39 is 0 Å². The molecule has 2 heterocycles. The number of nitriles is 1. The van der Waals surface area contributed by atoms with E-state index >= 15 is 0 Å². The number of nitrogens with zero attached hydrogens (tertiary/aromatic N) is 4. The number of hydrogen-bond acceptors (Lipinski definition) is 5. The van der Waals surface area contributed by atoms with Crippen molar-refractivity contribution in [2.24, 2.45) is 4.99 Å². The van der Waals surface area contributed by atoms with Crippen LogP contribution < -0.4 is 16.4 Å². The summed E-state index contributed by atoms with van der Waals surface area (Å²) in [6.45, 7) is 4.52. The Morgan fingerprint density at radius 1 is 1.38 bits per heavy atom. The van der Waals surface area contributed by atoms with Crippen LogP contribution in [0.4, 0.5) is 5.82 Å². The van der Waals surface area contributed by atoms with Crippen molar-refractivity contribution in [2.75, 3.05) is 31.1 Å². The molecule has 1 aliphatic heterocycles. The van der Waals surface area contributed by atoms with Crippen LogP contribution in [0.25, 0.3) is 5.69 Å². The highest BCUT2D eigenvalue weighted by Gasteiger charge is 2.17. The molecule has 1 aromatic carbocycles. The Balaban J connectivity index is 1.56. The predicted molar refractivity (Wildman–Crippen MR) is 120 cm³/mol. The maximum atomic E-state index is 9.52. The minimum absolute atomic E-state index is 0.394. The highest BCUT2D eigenvalue weighted by Crippen LogP contribution is 2.26. The molecule has 0 bridgehead atoms. The first-order valence-electron chi connectivity index (χ1n) is 10.2. The summed E-state index contributed by atoms with van der Waals surface area (Å²) in [4.78, 5) is 4.71. The zero-order valence-corrected chi connectivity index (χ0v) is 17.7. The third-order valence-corrected chi connectivity index (χ3v) is 6.19. The molecule has 8 heteroatoms.